The van der Waals surface area contributed by atoms with Gasteiger partial charge in [-0.05, 0) is 19.9 Å². The highest BCUT2D eigenvalue weighted by molar-refractivity contribution is 7.10. The minimum Gasteiger partial charge on any atom is -0.447 e. The zero-order chi connectivity index (χ0) is 13.5. The van der Waals surface area contributed by atoms with Gasteiger partial charge in [0.25, 0.3) is 0 Å². The Bertz CT molecular complexity index is 456. The van der Waals surface area contributed by atoms with Gasteiger partial charge in [-0.1, -0.05) is 11.8 Å². The topological polar surface area (TPSA) is 49.8 Å². The van der Waals surface area contributed by atoms with Crippen molar-refractivity contribution in [3.63, 3.8) is 0 Å². The highest BCUT2D eigenvalue weighted by Crippen LogP contribution is 2.16. The third kappa shape index (κ3) is 4.78. The molecule has 0 atom stereocenters. The molecule has 1 amide bonds. The average molecular weight is 267 g/mol. The van der Waals surface area contributed by atoms with Crippen LogP contribution in [0.15, 0.2) is 11.4 Å². The summed E-state index contributed by atoms with van der Waals surface area (Å²) >= 11 is 1.53. The van der Waals surface area contributed by atoms with Gasteiger partial charge in [-0.15, -0.1) is 11.3 Å². The van der Waals surface area contributed by atoms with Crippen molar-refractivity contribution in [1.29, 1.82) is 0 Å². The molecule has 0 radical (unpaired) electrons. The fourth-order valence-corrected chi connectivity index (χ4v) is 2.13. The summed E-state index contributed by atoms with van der Waals surface area (Å²) in [5.74, 6) is 5.41. The van der Waals surface area contributed by atoms with Crippen molar-refractivity contribution >= 4 is 17.4 Å². The molecule has 18 heavy (non-hydrogen) atoms. The molecule has 0 fully saturated rings. The summed E-state index contributed by atoms with van der Waals surface area (Å²) in [6.45, 7) is 3.99. The largest absolute Gasteiger partial charge is 0.447 e. The Labute approximate surface area is 111 Å². The first-order valence-electron chi connectivity index (χ1n) is 5.61. The van der Waals surface area contributed by atoms with E-state index in [1.54, 1.807) is 7.05 Å². The molecule has 0 saturated carbocycles. The van der Waals surface area contributed by atoms with Gasteiger partial charge in [0.1, 0.15) is 6.61 Å². The van der Waals surface area contributed by atoms with E-state index in [0.717, 1.165) is 10.4 Å². The molecule has 0 aliphatic heterocycles. The van der Waals surface area contributed by atoms with E-state index in [4.69, 9.17) is 9.84 Å². The minimum absolute atomic E-state index is 0.116. The smallest absolute Gasteiger partial charge is 0.410 e. The molecule has 0 aliphatic carbocycles. The molecule has 1 aromatic heterocycles. The molecular formula is C13H17NO3S. The van der Waals surface area contributed by atoms with Gasteiger partial charge in [0.2, 0.25) is 0 Å². The van der Waals surface area contributed by atoms with Crippen molar-refractivity contribution in [2.45, 2.75) is 26.5 Å². The van der Waals surface area contributed by atoms with Crippen LogP contribution >= 0.6 is 11.3 Å². The zero-order valence-corrected chi connectivity index (χ0v) is 11.6. The van der Waals surface area contributed by atoms with Gasteiger partial charge >= 0.3 is 6.09 Å². The Morgan fingerprint density at radius 2 is 2.33 bits per heavy atom. The molecule has 1 N–H and O–H groups in total. The van der Waals surface area contributed by atoms with E-state index < -0.39 is 0 Å². The molecule has 0 spiro atoms. The first kappa shape index (κ1) is 14.6. The van der Waals surface area contributed by atoms with E-state index in [9.17, 15) is 4.79 Å². The Balaban J connectivity index is 2.56. The average Bonchev–Trinajstić information content (AvgIpc) is 2.73. The predicted molar refractivity (Wildman–Crippen MR) is 71.4 cm³/mol. The first-order chi connectivity index (χ1) is 8.52. The first-order valence-corrected chi connectivity index (χ1v) is 6.49. The summed E-state index contributed by atoms with van der Waals surface area (Å²) in [6.07, 6.45) is -0.448. The van der Waals surface area contributed by atoms with E-state index in [1.165, 1.54) is 16.2 Å². The molecule has 5 heteroatoms. The minimum atomic E-state index is -0.332. The van der Waals surface area contributed by atoms with Gasteiger partial charge in [-0.25, -0.2) is 4.79 Å². The van der Waals surface area contributed by atoms with E-state index in [1.807, 2.05) is 25.3 Å². The van der Waals surface area contributed by atoms with Crippen LogP contribution in [0, 0.1) is 11.8 Å². The predicted octanol–water partition coefficient (Wildman–Crippen LogP) is 2.07. The van der Waals surface area contributed by atoms with Gasteiger partial charge in [-0.2, -0.15) is 0 Å². The quantitative estimate of drug-likeness (QED) is 0.853. The molecular weight excluding hydrogens is 250 g/mol. The van der Waals surface area contributed by atoms with E-state index in [2.05, 4.69) is 11.8 Å². The summed E-state index contributed by atoms with van der Waals surface area (Å²) in [5, 5.41) is 10.5. The molecule has 0 aromatic carbocycles. The number of carbonyl (C=O) groups excluding carboxylic acids is 1. The Morgan fingerprint density at radius 1 is 1.61 bits per heavy atom. The lowest BCUT2D eigenvalue weighted by Gasteiger charge is -2.17. The van der Waals surface area contributed by atoms with Crippen LogP contribution in [0.25, 0.3) is 0 Å². The second-order valence-corrected chi connectivity index (χ2v) is 5.05. The number of aliphatic hydroxyl groups excluding tert-OH is 1. The maximum atomic E-state index is 11.6. The number of thiophene rings is 1. The molecule has 98 valence electrons. The molecule has 4 nitrogen and oxygen atoms in total. The van der Waals surface area contributed by atoms with Crippen LogP contribution in [0.2, 0.25) is 0 Å². The Morgan fingerprint density at radius 3 is 2.94 bits per heavy atom. The highest BCUT2D eigenvalue weighted by atomic mass is 32.1. The molecule has 1 aromatic rings. The second-order valence-electron chi connectivity index (χ2n) is 4.05. The van der Waals surface area contributed by atoms with Crippen LogP contribution in [0.1, 0.15) is 24.3 Å². The highest BCUT2D eigenvalue weighted by Gasteiger charge is 2.12. The SMILES string of the molecule is CC(C)OC(=O)N(C)Cc1cc(C#CCO)cs1. The summed E-state index contributed by atoms with van der Waals surface area (Å²) in [5.41, 5.74) is 0.856. The fourth-order valence-electron chi connectivity index (χ4n) is 1.26. The van der Waals surface area contributed by atoms with E-state index in [-0.39, 0.29) is 18.8 Å². The van der Waals surface area contributed by atoms with Crippen LogP contribution in [0.5, 0.6) is 0 Å². The summed E-state index contributed by atoms with van der Waals surface area (Å²) in [7, 11) is 1.70. The third-order valence-electron chi connectivity index (χ3n) is 2.01. The van der Waals surface area contributed by atoms with E-state index in [0.29, 0.717) is 6.54 Å². The van der Waals surface area contributed by atoms with Crippen LogP contribution in [0.4, 0.5) is 4.79 Å². The monoisotopic (exact) mass is 267 g/mol. The fraction of sp³-hybridized carbons (Fsp3) is 0.462. The van der Waals surface area contributed by atoms with Gasteiger partial charge < -0.3 is 14.7 Å². The molecule has 0 aliphatic rings. The number of hydrogen-bond donors (Lipinski definition) is 1. The maximum Gasteiger partial charge on any atom is 0.410 e. The van der Waals surface area contributed by atoms with Gasteiger partial charge in [0.05, 0.1) is 12.6 Å². The number of rotatable bonds is 3. The summed E-state index contributed by atoms with van der Waals surface area (Å²) in [4.78, 5) is 14.1. The summed E-state index contributed by atoms with van der Waals surface area (Å²) in [6, 6.07) is 1.91. The van der Waals surface area contributed by atoms with Gasteiger partial charge in [0.15, 0.2) is 0 Å². The van der Waals surface area contributed by atoms with Gasteiger partial charge in [-0.3, -0.25) is 0 Å². The number of carbonyl (C=O) groups is 1. The lowest BCUT2D eigenvalue weighted by molar-refractivity contribution is 0.0825. The normalized spacial score (nSPS) is 9.83. The Kier molecular flexibility index (Phi) is 5.69. The lowest BCUT2D eigenvalue weighted by atomic mass is 10.3. The van der Waals surface area contributed by atoms with Crippen LogP contribution < -0.4 is 0 Å². The molecule has 1 rings (SSSR count). The number of hydrogen-bond acceptors (Lipinski definition) is 4. The number of ether oxygens (including phenoxy) is 1. The van der Waals surface area contributed by atoms with Crippen molar-refractivity contribution < 1.29 is 14.6 Å². The summed E-state index contributed by atoms with van der Waals surface area (Å²) < 4.78 is 5.09. The molecule has 0 unspecified atom stereocenters. The van der Waals surface area contributed by atoms with Crippen LogP contribution in [0.3, 0.4) is 0 Å². The lowest BCUT2D eigenvalue weighted by Crippen LogP contribution is -2.28. The second kappa shape index (κ2) is 7.04. The molecule has 0 saturated heterocycles. The molecule has 1 heterocycles. The number of nitrogens with zero attached hydrogens (tertiary/aromatic N) is 1. The molecule has 0 bridgehead atoms. The maximum absolute atomic E-state index is 11.6. The third-order valence-corrected chi connectivity index (χ3v) is 2.93. The zero-order valence-electron chi connectivity index (χ0n) is 10.8. The standard InChI is InChI=1S/C13H17NO3S/c1-10(2)17-13(16)14(3)8-12-7-11(9-18-12)5-4-6-15/h7,9-10,15H,6,8H2,1-3H3. The Hall–Kier alpha value is -1.51. The van der Waals surface area contributed by atoms with Crippen molar-refractivity contribution in [1.82, 2.24) is 4.90 Å². The van der Waals surface area contributed by atoms with Gasteiger partial charge in [0, 0.05) is 22.9 Å². The van der Waals surface area contributed by atoms with Crippen molar-refractivity contribution in [2.24, 2.45) is 0 Å². The number of amides is 1. The van der Waals surface area contributed by atoms with Crippen molar-refractivity contribution in [2.75, 3.05) is 13.7 Å². The van der Waals surface area contributed by atoms with Crippen molar-refractivity contribution in [3.05, 3.63) is 21.9 Å². The van der Waals surface area contributed by atoms with Crippen LogP contribution in [-0.4, -0.2) is 35.9 Å². The van der Waals surface area contributed by atoms with Crippen LogP contribution in [-0.2, 0) is 11.3 Å². The van der Waals surface area contributed by atoms with Crippen molar-refractivity contribution in [3.8, 4) is 11.8 Å². The van der Waals surface area contributed by atoms with E-state index >= 15 is 0 Å². The number of aliphatic hydroxyl groups is 1.